The number of halogens is 4. The van der Waals surface area contributed by atoms with Gasteiger partial charge in [0.1, 0.15) is 11.3 Å². The van der Waals surface area contributed by atoms with Crippen LogP contribution < -0.4 is 26.3 Å². The first kappa shape index (κ1) is 31.9. The molecule has 0 spiro atoms. The first-order valence-corrected chi connectivity index (χ1v) is 15.8. The van der Waals surface area contributed by atoms with E-state index < -0.39 is 39.9 Å². The highest BCUT2D eigenvalue weighted by atomic mass is 32.2. The summed E-state index contributed by atoms with van der Waals surface area (Å²) in [7, 11) is -0.242. The molecule has 2 heterocycles. The molecule has 42 heavy (non-hydrogen) atoms. The molecule has 1 saturated carbocycles. The van der Waals surface area contributed by atoms with Crippen molar-refractivity contribution < 1.29 is 26.0 Å². The zero-order chi connectivity index (χ0) is 30.8. The van der Waals surface area contributed by atoms with Crippen LogP contribution in [0.1, 0.15) is 70.4 Å². The molecule has 2 aliphatic carbocycles. The number of hydrogen-bond donors (Lipinski definition) is 2. The van der Waals surface area contributed by atoms with Crippen LogP contribution in [0.5, 0.6) is 0 Å². The minimum absolute atomic E-state index is 0.00190. The first-order chi connectivity index (χ1) is 19.7. The summed E-state index contributed by atoms with van der Waals surface area (Å²) in [5, 5.41) is 3.68. The van der Waals surface area contributed by atoms with E-state index in [4.69, 9.17) is 4.99 Å². The van der Waals surface area contributed by atoms with Crippen molar-refractivity contribution in [3.63, 3.8) is 0 Å². The largest absolute Gasteiger partial charge is 0.390 e. The zero-order valence-electron chi connectivity index (χ0n) is 24.3. The number of aromatic nitrogens is 1. The number of sulfonamides is 1. The van der Waals surface area contributed by atoms with Crippen molar-refractivity contribution in [3.05, 3.63) is 56.4 Å². The Hall–Kier alpha value is -3.00. The van der Waals surface area contributed by atoms with Gasteiger partial charge < -0.3 is 10.2 Å². The quantitative estimate of drug-likeness (QED) is 0.438. The van der Waals surface area contributed by atoms with Crippen molar-refractivity contribution in [1.29, 1.82) is 0 Å². The van der Waals surface area contributed by atoms with Crippen LogP contribution in [-0.4, -0.2) is 62.0 Å². The lowest BCUT2D eigenvalue weighted by atomic mass is 9.90. The number of aliphatic imine (C=N–C) groups is 1. The number of nitrogens with zero attached hydrogens (tertiary/aromatic N) is 4. The molecule has 2 N–H and O–H groups in total. The molecule has 1 fully saturated rings. The fourth-order valence-corrected chi connectivity index (χ4v) is 6.50. The predicted molar refractivity (Wildman–Crippen MR) is 153 cm³/mol. The summed E-state index contributed by atoms with van der Waals surface area (Å²) < 4.78 is 80.0. The van der Waals surface area contributed by atoms with Gasteiger partial charge >= 0.3 is 6.18 Å². The number of hydrogen-bond acceptors (Lipinski definition) is 7. The molecule has 1 atom stereocenters. The number of allylic oxidation sites excluding steroid dienone is 3. The van der Waals surface area contributed by atoms with Crippen molar-refractivity contribution in [2.45, 2.75) is 89.6 Å². The van der Waals surface area contributed by atoms with E-state index in [9.17, 15) is 30.8 Å². The number of pyridine rings is 1. The maximum absolute atomic E-state index is 15.0. The summed E-state index contributed by atoms with van der Waals surface area (Å²) in [6, 6.07) is 2.23. The van der Waals surface area contributed by atoms with Gasteiger partial charge in [-0.15, -0.1) is 0 Å². The second kappa shape index (κ2) is 12.7. The number of guanidine groups is 1. The molecule has 0 amide bonds. The number of rotatable bonds is 8. The summed E-state index contributed by atoms with van der Waals surface area (Å²) in [6.07, 6.45) is 0.829. The second-order valence-electron chi connectivity index (χ2n) is 11.3. The molecule has 1 aromatic rings. The van der Waals surface area contributed by atoms with Crippen LogP contribution in [0.2, 0.25) is 0 Å². The zero-order valence-corrected chi connectivity index (χ0v) is 25.1. The van der Waals surface area contributed by atoms with Crippen LogP contribution in [-0.2, 0) is 16.6 Å². The highest BCUT2D eigenvalue weighted by Gasteiger charge is 2.31. The van der Waals surface area contributed by atoms with Gasteiger partial charge in [0.2, 0.25) is 16.0 Å². The van der Waals surface area contributed by atoms with E-state index in [-0.39, 0.29) is 35.8 Å². The van der Waals surface area contributed by atoms with Gasteiger partial charge in [0.05, 0.1) is 24.4 Å². The Kier molecular flexibility index (Phi) is 9.65. The highest BCUT2D eigenvalue weighted by molar-refractivity contribution is 7.89. The molecule has 0 saturated heterocycles. The molecule has 0 radical (unpaired) electrons. The van der Waals surface area contributed by atoms with Crippen molar-refractivity contribution >= 4 is 21.6 Å². The van der Waals surface area contributed by atoms with Crippen LogP contribution in [0.4, 0.5) is 17.6 Å². The molecule has 1 aliphatic heterocycles. The van der Waals surface area contributed by atoms with E-state index in [1.807, 2.05) is 18.6 Å². The Morgan fingerprint density at radius 2 is 1.88 bits per heavy atom. The fourth-order valence-electron chi connectivity index (χ4n) is 5.38. The third kappa shape index (κ3) is 7.68. The van der Waals surface area contributed by atoms with E-state index in [0.29, 0.717) is 35.0 Å². The SMILES string of the molecule is CCC(C)n1c2c(cc(=C3C=C(F)C(NS(=O)(=O)CCC(F)(F)F)=CC3)c1=O)CN=C(NC1CCC(N(C)C)CC1)N=2. The van der Waals surface area contributed by atoms with Crippen molar-refractivity contribution in [2.24, 2.45) is 9.98 Å². The highest BCUT2D eigenvalue weighted by Crippen LogP contribution is 2.25. The predicted octanol–water partition coefficient (Wildman–Crippen LogP) is 2.93. The molecule has 0 bridgehead atoms. The van der Waals surface area contributed by atoms with Gasteiger partial charge in [-0.3, -0.25) is 14.1 Å². The summed E-state index contributed by atoms with van der Waals surface area (Å²) in [5.74, 6) is -1.72. The average Bonchev–Trinajstić information content (AvgIpc) is 2.92. The molecule has 1 unspecified atom stereocenters. The van der Waals surface area contributed by atoms with E-state index in [2.05, 4.69) is 29.3 Å². The summed E-state index contributed by atoms with van der Waals surface area (Å²) in [6.45, 7) is 4.12. The summed E-state index contributed by atoms with van der Waals surface area (Å²) in [4.78, 5) is 25.4. The minimum atomic E-state index is -4.66. The molecular weight excluding hydrogens is 576 g/mol. The maximum Gasteiger partial charge on any atom is 0.390 e. The smallest absolute Gasteiger partial charge is 0.352 e. The van der Waals surface area contributed by atoms with Gasteiger partial charge in [-0.1, -0.05) is 13.0 Å². The third-order valence-corrected chi connectivity index (χ3v) is 9.31. The number of nitrogens with one attached hydrogen (secondary N) is 2. The van der Waals surface area contributed by atoms with Gasteiger partial charge in [0, 0.05) is 28.9 Å². The monoisotopic (exact) mass is 614 g/mol. The Labute approximate surface area is 242 Å². The third-order valence-electron chi connectivity index (χ3n) is 8.04. The Bertz CT molecular complexity index is 1570. The van der Waals surface area contributed by atoms with Gasteiger partial charge in [-0.05, 0) is 77.3 Å². The summed E-state index contributed by atoms with van der Waals surface area (Å²) in [5.41, 5.74) is 0.723. The van der Waals surface area contributed by atoms with Crippen LogP contribution in [0.3, 0.4) is 0 Å². The average molecular weight is 615 g/mol. The van der Waals surface area contributed by atoms with E-state index >= 15 is 0 Å². The van der Waals surface area contributed by atoms with Crippen LogP contribution in [0, 0.1) is 0 Å². The lowest BCUT2D eigenvalue weighted by molar-refractivity contribution is -0.129. The van der Waals surface area contributed by atoms with Crippen molar-refractivity contribution in [1.82, 2.24) is 19.5 Å². The molecule has 14 heteroatoms. The molecule has 9 nitrogen and oxygen atoms in total. The molecule has 3 aliphatic rings. The van der Waals surface area contributed by atoms with Gasteiger partial charge in [-0.25, -0.2) is 17.8 Å². The van der Waals surface area contributed by atoms with E-state index in [1.165, 1.54) is 6.08 Å². The molecule has 0 aromatic carbocycles. The van der Waals surface area contributed by atoms with Gasteiger partial charge in [-0.2, -0.15) is 18.2 Å². The molecule has 232 valence electrons. The van der Waals surface area contributed by atoms with Crippen LogP contribution >= 0.6 is 0 Å². The Balaban J connectivity index is 1.62. The standard InChI is InChI=1S/C28H38F4N6O3S/c1-5-17(2)38-25-19(16-33-27(35-25)34-20-7-9-21(10-8-20)37(3)4)14-22(26(38)39)18-6-11-24(23(29)15-18)36-42(40,41)13-12-28(30,31)32/h11,14-15,17,20-21,36H,5-10,12-13,16H2,1-4H3,(H,33,34). The molecular formula is C28H38F4N6O3S. The minimum Gasteiger partial charge on any atom is -0.352 e. The van der Waals surface area contributed by atoms with Crippen molar-refractivity contribution in [2.75, 3.05) is 19.8 Å². The van der Waals surface area contributed by atoms with Gasteiger partial charge in [0.25, 0.3) is 5.56 Å². The Morgan fingerprint density at radius 1 is 1.19 bits per heavy atom. The van der Waals surface area contributed by atoms with Gasteiger partial charge in [0.15, 0.2) is 0 Å². The normalized spacial score (nSPS) is 23.3. The lowest BCUT2D eigenvalue weighted by Gasteiger charge is -2.33. The maximum atomic E-state index is 15.0. The second-order valence-corrected chi connectivity index (χ2v) is 13.2. The first-order valence-electron chi connectivity index (χ1n) is 14.2. The Morgan fingerprint density at radius 3 is 2.48 bits per heavy atom. The van der Waals surface area contributed by atoms with Crippen LogP contribution in [0.15, 0.2) is 44.5 Å². The van der Waals surface area contributed by atoms with E-state index in [0.717, 1.165) is 31.8 Å². The summed E-state index contributed by atoms with van der Waals surface area (Å²) >= 11 is 0. The van der Waals surface area contributed by atoms with Crippen molar-refractivity contribution in [3.8, 4) is 0 Å². The topological polar surface area (TPSA) is 108 Å². The molecule has 1 aromatic heterocycles. The van der Waals surface area contributed by atoms with E-state index in [1.54, 1.807) is 10.6 Å². The number of alkyl halides is 3. The molecule has 4 rings (SSSR count). The lowest BCUT2D eigenvalue weighted by Crippen LogP contribution is -2.49. The fraction of sp³-hybridized carbons (Fsp3) is 0.607. The number of fused-ring (bicyclic) bond motifs is 1. The van der Waals surface area contributed by atoms with Crippen LogP contribution in [0.25, 0.3) is 5.57 Å².